The summed E-state index contributed by atoms with van der Waals surface area (Å²) in [6, 6.07) is 0. The zero-order valence-corrected chi connectivity index (χ0v) is 11.1. The van der Waals surface area contributed by atoms with Gasteiger partial charge in [0.1, 0.15) is 0 Å². The van der Waals surface area contributed by atoms with Gasteiger partial charge in [-0.2, -0.15) is 0 Å². The summed E-state index contributed by atoms with van der Waals surface area (Å²) in [4.78, 5) is 12.1. The molecule has 4 unspecified atom stereocenters. The molecule has 2 nitrogen and oxygen atoms in total. The number of rotatable bonds is 3. The Morgan fingerprint density at radius 2 is 2.33 bits per heavy atom. The summed E-state index contributed by atoms with van der Waals surface area (Å²) in [6.07, 6.45) is 2.61. The lowest BCUT2D eigenvalue weighted by Gasteiger charge is -2.37. The van der Waals surface area contributed by atoms with Gasteiger partial charge in [0, 0.05) is 17.9 Å². The Hall–Kier alpha value is 0.400. The normalized spacial score (nSPS) is 48.9. The molecule has 2 fully saturated rings. The van der Waals surface area contributed by atoms with E-state index in [2.05, 4.69) is 22.9 Å². The fraction of sp³-hybridized carbons (Fsp3) is 0.909. The van der Waals surface area contributed by atoms with Crippen molar-refractivity contribution in [2.24, 2.45) is 16.7 Å². The number of hydrogen-bond donors (Lipinski definition) is 1. The molecule has 4 heteroatoms. The number of fused-ring (bicyclic) bond motifs is 2. The number of aliphatic hydroxyl groups is 1. The molecule has 2 aliphatic carbocycles. The highest BCUT2D eigenvalue weighted by Gasteiger charge is 2.69. The van der Waals surface area contributed by atoms with E-state index in [4.69, 9.17) is 16.7 Å². The Morgan fingerprint density at radius 1 is 1.67 bits per heavy atom. The van der Waals surface area contributed by atoms with Crippen molar-refractivity contribution in [1.82, 2.24) is 0 Å². The van der Waals surface area contributed by atoms with E-state index >= 15 is 0 Å². The van der Waals surface area contributed by atoms with Crippen LogP contribution in [0.3, 0.4) is 0 Å². The topological polar surface area (TPSA) is 37.3 Å². The van der Waals surface area contributed by atoms with Crippen molar-refractivity contribution in [1.29, 1.82) is 0 Å². The summed E-state index contributed by atoms with van der Waals surface area (Å²) >= 11 is 9.54. The lowest BCUT2D eigenvalue weighted by atomic mass is 9.67. The molecular formula is C11H16BrClO2. The summed E-state index contributed by atoms with van der Waals surface area (Å²) < 4.78 is 0. The second-order valence-corrected chi connectivity index (χ2v) is 6.27. The van der Waals surface area contributed by atoms with Gasteiger partial charge in [0.2, 0.25) is 0 Å². The number of aliphatic hydroxyl groups excluding tert-OH is 1. The Labute approximate surface area is 104 Å². The molecule has 0 aromatic heterocycles. The number of ketones is 1. The predicted molar refractivity (Wildman–Crippen MR) is 63.4 cm³/mol. The molecule has 0 spiro atoms. The van der Waals surface area contributed by atoms with Crippen molar-refractivity contribution in [2.75, 3.05) is 12.5 Å². The van der Waals surface area contributed by atoms with Crippen LogP contribution in [0.25, 0.3) is 0 Å². The zero-order chi connectivity index (χ0) is 11.3. The molecule has 2 rings (SSSR count). The van der Waals surface area contributed by atoms with Crippen molar-refractivity contribution in [2.45, 2.75) is 31.0 Å². The van der Waals surface area contributed by atoms with E-state index in [1.54, 1.807) is 0 Å². The highest BCUT2D eigenvalue weighted by molar-refractivity contribution is 9.10. The number of alkyl halides is 2. The third-order valence-electron chi connectivity index (χ3n) is 4.73. The average molecular weight is 296 g/mol. The van der Waals surface area contributed by atoms with Crippen molar-refractivity contribution in [3.8, 4) is 0 Å². The minimum absolute atomic E-state index is 0.0541. The summed E-state index contributed by atoms with van der Waals surface area (Å²) in [5.41, 5.74) is -0.509. The van der Waals surface area contributed by atoms with Crippen molar-refractivity contribution >= 4 is 33.3 Å². The van der Waals surface area contributed by atoms with Gasteiger partial charge in [0.05, 0.1) is 4.83 Å². The molecule has 0 amide bonds. The van der Waals surface area contributed by atoms with Gasteiger partial charge in [-0.05, 0) is 30.6 Å². The largest absolute Gasteiger partial charge is 0.396 e. The lowest BCUT2D eigenvalue weighted by Crippen LogP contribution is -2.40. The van der Waals surface area contributed by atoms with Gasteiger partial charge < -0.3 is 5.11 Å². The smallest absolute Gasteiger partial charge is 0.154 e. The monoisotopic (exact) mass is 294 g/mol. The lowest BCUT2D eigenvalue weighted by molar-refractivity contribution is -0.128. The first-order valence-electron chi connectivity index (χ1n) is 5.39. The number of carbonyl (C=O) groups is 1. The van der Waals surface area contributed by atoms with Gasteiger partial charge in [0.25, 0.3) is 0 Å². The minimum Gasteiger partial charge on any atom is -0.396 e. The predicted octanol–water partition coefficient (Wildman–Crippen LogP) is 2.36. The summed E-state index contributed by atoms with van der Waals surface area (Å²) in [7, 11) is 0. The third-order valence-corrected chi connectivity index (χ3v) is 6.24. The first-order chi connectivity index (χ1) is 7.03. The summed E-state index contributed by atoms with van der Waals surface area (Å²) in [5, 5.41) is 9.17. The van der Waals surface area contributed by atoms with Crippen LogP contribution in [0.15, 0.2) is 0 Å². The fourth-order valence-corrected chi connectivity index (χ4v) is 5.48. The molecule has 0 radical (unpaired) electrons. The molecule has 0 aromatic carbocycles. The van der Waals surface area contributed by atoms with Crippen molar-refractivity contribution in [3.63, 3.8) is 0 Å². The number of carbonyl (C=O) groups excluding carboxylic acids is 1. The molecule has 86 valence electrons. The van der Waals surface area contributed by atoms with Gasteiger partial charge in [-0.3, -0.25) is 4.79 Å². The fourth-order valence-electron chi connectivity index (χ4n) is 3.62. The Morgan fingerprint density at radius 3 is 2.87 bits per heavy atom. The van der Waals surface area contributed by atoms with Crippen LogP contribution in [-0.4, -0.2) is 28.2 Å². The van der Waals surface area contributed by atoms with Crippen LogP contribution >= 0.6 is 27.5 Å². The van der Waals surface area contributed by atoms with Crippen molar-refractivity contribution in [3.05, 3.63) is 0 Å². The van der Waals surface area contributed by atoms with E-state index in [1.807, 2.05) is 0 Å². The maximum atomic E-state index is 12.2. The maximum Gasteiger partial charge on any atom is 0.154 e. The highest BCUT2D eigenvalue weighted by Crippen LogP contribution is 2.67. The van der Waals surface area contributed by atoms with Crippen molar-refractivity contribution < 1.29 is 9.90 Å². The molecule has 0 saturated heterocycles. The van der Waals surface area contributed by atoms with E-state index in [9.17, 15) is 4.79 Å². The first kappa shape index (κ1) is 11.9. The molecule has 0 aliphatic heterocycles. The van der Waals surface area contributed by atoms with E-state index in [-0.39, 0.29) is 22.6 Å². The molecule has 0 heterocycles. The molecule has 15 heavy (non-hydrogen) atoms. The summed E-state index contributed by atoms with van der Waals surface area (Å²) in [5.74, 6) is 0.988. The first-order valence-corrected chi connectivity index (χ1v) is 6.84. The molecule has 2 bridgehead atoms. The van der Waals surface area contributed by atoms with Gasteiger partial charge >= 0.3 is 0 Å². The molecule has 2 saturated carbocycles. The zero-order valence-electron chi connectivity index (χ0n) is 8.80. The molecule has 1 N–H and O–H groups in total. The van der Waals surface area contributed by atoms with Crippen LogP contribution in [0.2, 0.25) is 0 Å². The second kappa shape index (κ2) is 3.71. The minimum atomic E-state index is -0.393. The third kappa shape index (κ3) is 1.23. The number of hydrogen-bond acceptors (Lipinski definition) is 2. The molecular weight excluding hydrogens is 279 g/mol. The second-order valence-electron chi connectivity index (χ2n) is 5.02. The molecule has 2 aliphatic rings. The van der Waals surface area contributed by atoms with Crippen LogP contribution in [0.5, 0.6) is 0 Å². The van der Waals surface area contributed by atoms with Gasteiger partial charge in [0.15, 0.2) is 5.78 Å². The van der Waals surface area contributed by atoms with Crippen LogP contribution in [0.4, 0.5) is 0 Å². The van der Waals surface area contributed by atoms with E-state index in [1.165, 1.54) is 0 Å². The van der Waals surface area contributed by atoms with Gasteiger partial charge in [-0.15, -0.1) is 11.6 Å². The van der Waals surface area contributed by atoms with E-state index < -0.39 is 5.41 Å². The molecule has 4 atom stereocenters. The quantitative estimate of drug-likeness (QED) is 0.812. The average Bonchev–Trinajstić information content (AvgIpc) is 2.57. The van der Waals surface area contributed by atoms with E-state index in [0.29, 0.717) is 18.2 Å². The van der Waals surface area contributed by atoms with Crippen LogP contribution < -0.4 is 0 Å². The van der Waals surface area contributed by atoms with Gasteiger partial charge in [-0.1, -0.05) is 22.9 Å². The highest BCUT2D eigenvalue weighted by atomic mass is 79.9. The summed E-state index contributed by atoms with van der Waals surface area (Å²) in [6.45, 7) is 2.25. The maximum absolute atomic E-state index is 12.2. The standard InChI is InChI=1S/C11H16BrClO2/c1-10(4-5-14)7-2-3-11(10,6-13)9(15)8(7)12/h7-8,14H,2-6H2,1H3. The molecule has 0 aromatic rings. The van der Waals surface area contributed by atoms with Crippen LogP contribution in [0, 0.1) is 16.7 Å². The number of halogens is 2. The van der Waals surface area contributed by atoms with Gasteiger partial charge in [-0.25, -0.2) is 0 Å². The Balaban J connectivity index is 2.43. The Bertz CT molecular complexity index is 296. The SMILES string of the molecule is CC1(CCO)C2CCC1(CCl)C(=O)C2Br. The van der Waals surface area contributed by atoms with E-state index in [0.717, 1.165) is 12.8 Å². The van der Waals surface area contributed by atoms with Crippen LogP contribution in [-0.2, 0) is 4.79 Å². The Kier molecular flexibility index (Phi) is 2.94. The van der Waals surface area contributed by atoms with Crippen LogP contribution in [0.1, 0.15) is 26.2 Å². The number of Topliss-reactive ketones (excluding diaryl/α,β-unsaturated/α-hetero) is 1.